The maximum absolute atomic E-state index is 12.1. The van der Waals surface area contributed by atoms with Crippen LogP contribution in [0.5, 0.6) is 5.75 Å². The Labute approximate surface area is 194 Å². The Morgan fingerprint density at radius 2 is 1.45 bits per heavy atom. The molecule has 1 fully saturated rings. The van der Waals surface area contributed by atoms with Crippen LogP contribution in [-0.2, 0) is 14.4 Å². The Balaban J connectivity index is 1.31. The Kier molecular flexibility index (Phi) is 8.65. The minimum atomic E-state index is -0.713. The zero-order valence-corrected chi connectivity index (χ0v) is 19.1. The lowest BCUT2D eigenvalue weighted by Gasteiger charge is -2.36. The number of carbonyl (C=O) groups is 3. The zero-order chi connectivity index (χ0) is 23.6. The third kappa shape index (κ3) is 7.50. The minimum Gasteiger partial charge on any atom is -0.497 e. The van der Waals surface area contributed by atoms with E-state index in [2.05, 4.69) is 37.9 Å². The van der Waals surface area contributed by atoms with Gasteiger partial charge in [-0.15, -0.1) is 0 Å². The van der Waals surface area contributed by atoms with E-state index >= 15 is 0 Å². The number of nitrogens with one attached hydrogen (secondary N) is 3. The van der Waals surface area contributed by atoms with Crippen molar-refractivity contribution >= 4 is 34.8 Å². The van der Waals surface area contributed by atoms with Gasteiger partial charge in [-0.05, 0) is 61.5 Å². The molecular weight excluding hydrogens is 422 g/mol. The fraction of sp³-hybridized carbons (Fsp3) is 0.375. The number of carbonyl (C=O) groups excluding carboxylic acids is 3. The Hall–Kier alpha value is -3.59. The van der Waals surface area contributed by atoms with Gasteiger partial charge in [-0.3, -0.25) is 19.3 Å². The van der Waals surface area contributed by atoms with Crippen LogP contribution < -0.4 is 25.6 Å². The van der Waals surface area contributed by atoms with Crippen molar-refractivity contribution in [2.24, 2.45) is 0 Å². The molecular formula is C24H31N5O4. The minimum absolute atomic E-state index is 0.176. The third-order valence-electron chi connectivity index (χ3n) is 5.42. The van der Waals surface area contributed by atoms with Gasteiger partial charge in [0.1, 0.15) is 5.75 Å². The Morgan fingerprint density at radius 1 is 0.848 bits per heavy atom. The van der Waals surface area contributed by atoms with Gasteiger partial charge in [0, 0.05) is 56.7 Å². The maximum Gasteiger partial charge on any atom is 0.313 e. The summed E-state index contributed by atoms with van der Waals surface area (Å²) in [5, 5.41) is 7.86. The fourth-order valence-corrected chi connectivity index (χ4v) is 3.64. The molecule has 0 aromatic heterocycles. The number of rotatable bonds is 8. The lowest BCUT2D eigenvalue weighted by molar-refractivity contribution is -0.136. The van der Waals surface area contributed by atoms with Crippen molar-refractivity contribution < 1.29 is 19.1 Å². The van der Waals surface area contributed by atoms with E-state index in [-0.39, 0.29) is 5.91 Å². The maximum atomic E-state index is 12.1. The van der Waals surface area contributed by atoms with Crippen LogP contribution in [0.25, 0.3) is 0 Å². The number of anilines is 3. The van der Waals surface area contributed by atoms with Crippen LogP contribution in [0.1, 0.15) is 13.3 Å². The highest BCUT2D eigenvalue weighted by molar-refractivity contribution is 6.39. The summed E-state index contributed by atoms with van der Waals surface area (Å²) in [5.41, 5.74) is 2.30. The van der Waals surface area contributed by atoms with Crippen LogP contribution in [0.3, 0.4) is 0 Å². The lowest BCUT2D eigenvalue weighted by Crippen LogP contribution is -2.47. The van der Waals surface area contributed by atoms with Crippen LogP contribution in [0, 0.1) is 0 Å². The Morgan fingerprint density at radius 3 is 2.03 bits per heavy atom. The molecule has 9 nitrogen and oxygen atoms in total. The summed E-state index contributed by atoms with van der Waals surface area (Å²) >= 11 is 0. The highest BCUT2D eigenvalue weighted by Gasteiger charge is 2.17. The first kappa shape index (κ1) is 24.1. The summed E-state index contributed by atoms with van der Waals surface area (Å²) in [6.07, 6.45) is 0.771. The monoisotopic (exact) mass is 453 g/mol. The molecule has 1 heterocycles. The van der Waals surface area contributed by atoms with Crippen molar-refractivity contribution in [3.8, 4) is 5.75 Å². The number of ether oxygens (including phenoxy) is 1. The molecule has 1 saturated heterocycles. The average Bonchev–Trinajstić information content (AvgIpc) is 2.83. The number of benzene rings is 2. The molecule has 0 aliphatic carbocycles. The van der Waals surface area contributed by atoms with Crippen LogP contribution in [0.4, 0.5) is 17.1 Å². The van der Waals surface area contributed by atoms with E-state index in [1.54, 1.807) is 31.4 Å². The molecule has 3 rings (SSSR count). The van der Waals surface area contributed by atoms with Crippen molar-refractivity contribution in [2.75, 3.05) is 61.9 Å². The third-order valence-corrected chi connectivity index (χ3v) is 5.42. The van der Waals surface area contributed by atoms with E-state index < -0.39 is 11.8 Å². The smallest absolute Gasteiger partial charge is 0.313 e. The molecule has 3 amide bonds. The molecule has 0 saturated carbocycles. The van der Waals surface area contributed by atoms with E-state index in [0.717, 1.165) is 44.9 Å². The number of methoxy groups -OCH3 is 1. The van der Waals surface area contributed by atoms with Gasteiger partial charge in [0.05, 0.1) is 7.11 Å². The van der Waals surface area contributed by atoms with Crippen molar-refractivity contribution in [3.63, 3.8) is 0 Å². The first-order valence-corrected chi connectivity index (χ1v) is 11.0. The van der Waals surface area contributed by atoms with Crippen LogP contribution in [-0.4, -0.2) is 69.0 Å². The molecule has 0 spiro atoms. The van der Waals surface area contributed by atoms with Gasteiger partial charge in [-0.1, -0.05) is 0 Å². The summed E-state index contributed by atoms with van der Waals surface area (Å²) < 4.78 is 5.21. The van der Waals surface area contributed by atoms with Crippen LogP contribution >= 0.6 is 0 Å². The predicted molar refractivity (Wildman–Crippen MR) is 129 cm³/mol. The molecule has 2 aromatic rings. The van der Waals surface area contributed by atoms with Gasteiger partial charge in [0.2, 0.25) is 5.91 Å². The summed E-state index contributed by atoms with van der Waals surface area (Å²) in [6, 6.07) is 14.7. The summed E-state index contributed by atoms with van der Waals surface area (Å²) in [7, 11) is 1.66. The number of amides is 3. The molecule has 9 heteroatoms. The van der Waals surface area contributed by atoms with Crippen molar-refractivity contribution in [3.05, 3.63) is 48.5 Å². The summed E-state index contributed by atoms with van der Waals surface area (Å²) in [4.78, 5) is 39.9. The molecule has 0 bridgehead atoms. The van der Waals surface area contributed by atoms with Gasteiger partial charge in [0.25, 0.3) is 0 Å². The molecule has 2 aromatic carbocycles. The van der Waals surface area contributed by atoms with Crippen molar-refractivity contribution in [1.82, 2.24) is 10.2 Å². The van der Waals surface area contributed by atoms with E-state index in [0.29, 0.717) is 17.9 Å². The molecule has 1 aliphatic heterocycles. The lowest BCUT2D eigenvalue weighted by atomic mass is 10.2. The molecule has 0 radical (unpaired) electrons. The predicted octanol–water partition coefficient (Wildman–Crippen LogP) is 1.92. The van der Waals surface area contributed by atoms with Crippen molar-refractivity contribution in [2.45, 2.75) is 13.3 Å². The van der Waals surface area contributed by atoms with Crippen LogP contribution in [0.15, 0.2) is 48.5 Å². The molecule has 1 aliphatic rings. The molecule has 0 atom stereocenters. The Bertz CT molecular complexity index is 938. The second-order valence-corrected chi connectivity index (χ2v) is 7.85. The van der Waals surface area contributed by atoms with Gasteiger partial charge in [0.15, 0.2) is 0 Å². The van der Waals surface area contributed by atoms with E-state index in [1.807, 2.05) is 12.1 Å². The number of nitrogens with zero attached hydrogens (tertiary/aromatic N) is 2. The van der Waals surface area contributed by atoms with Gasteiger partial charge in [-0.2, -0.15) is 0 Å². The highest BCUT2D eigenvalue weighted by Crippen LogP contribution is 2.20. The molecule has 0 unspecified atom stereocenters. The topological polar surface area (TPSA) is 103 Å². The normalized spacial score (nSPS) is 13.8. The first-order valence-electron chi connectivity index (χ1n) is 11.0. The van der Waals surface area contributed by atoms with Crippen LogP contribution in [0.2, 0.25) is 0 Å². The van der Waals surface area contributed by atoms with E-state index in [4.69, 9.17) is 4.74 Å². The average molecular weight is 454 g/mol. The van der Waals surface area contributed by atoms with E-state index in [1.165, 1.54) is 12.6 Å². The van der Waals surface area contributed by atoms with E-state index in [9.17, 15) is 14.4 Å². The van der Waals surface area contributed by atoms with Crippen molar-refractivity contribution in [1.29, 1.82) is 0 Å². The summed E-state index contributed by atoms with van der Waals surface area (Å²) in [5.74, 6) is -0.695. The highest BCUT2D eigenvalue weighted by atomic mass is 16.5. The standard InChI is InChI=1S/C24H31N5O4/c1-18(30)26-19-4-6-20(7-5-19)27-24(32)23(31)25-12-3-13-28-14-16-29(17-15-28)21-8-10-22(33-2)11-9-21/h4-11H,3,12-17H2,1-2H3,(H,25,31)(H,26,30)(H,27,32). The number of hydrogen-bond donors (Lipinski definition) is 3. The quantitative estimate of drug-likeness (QED) is 0.417. The zero-order valence-electron chi connectivity index (χ0n) is 19.1. The van der Waals surface area contributed by atoms with Gasteiger partial charge >= 0.3 is 11.8 Å². The van der Waals surface area contributed by atoms with Gasteiger partial charge < -0.3 is 25.6 Å². The first-order chi connectivity index (χ1) is 15.9. The number of hydrogen-bond acceptors (Lipinski definition) is 6. The summed E-state index contributed by atoms with van der Waals surface area (Å²) in [6.45, 7) is 6.52. The fourth-order valence-electron chi connectivity index (χ4n) is 3.64. The molecule has 33 heavy (non-hydrogen) atoms. The number of piperazine rings is 1. The largest absolute Gasteiger partial charge is 0.497 e. The second kappa shape index (κ2) is 11.9. The molecule has 3 N–H and O–H groups in total. The second-order valence-electron chi connectivity index (χ2n) is 7.85. The SMILES string of the molecule is COc1ccc(N2CCN(CCCNC(=O)C(=O)Nc3ccc(NC(C)=O)cc3)CC2)cc1. The van der Waals surface area contributed by atoms with Gasteiger partial charge in [-0.25, -0.2) is 0 Å². The molecule has 176 valence electrons.